The number of aryl methyl sites for hydroxylation is 2. The van der Waals surface area contributed by atoms with E-state index in [1.165, 1.54) is 20.9 Å². The summed E-state index contributed by atoms with van der Waals surface area (Å²) in [7, 11) is 1.98. The van der Waals surface area contributed by atoms with E-state index in [1.54, 1.807) is 0 Å². The minimum atomic E-state index is 0.203. The van der Waals surface area contributed by atoms with E-state index in [-0.39, 0.29) is 6.04 Å². The van der Waals surface area contributed by atoms with Gasteiger partial charge in [0, 0.05) is 14.2 Å². The molecule has 1 aromatic carbocycles. The van der Waals surface area contributed by atoms with Crippen LogP contribution in [0.1, 0.15) is 26.9 Å². The van der Waals surface area contributed by atoms with E-state index in [9.17, 15) is 0 Å². The second-order valence-corrected chi connectivity index (χ2v) is 6.85. The molecule has 0 bridgehead atoms. The number of hydrogen-bond donors (Lipinski definition) is 1. The molecule has 18 heavy (non-hydrogen) atoms. The molecule has 0 radical (unpaired) electrons. The van der Waals surface area contributed by atoms with E-state index >= 15 is 0 Å². The first-order valence-electron chi connectivity index (χ1n) is 5.72. The van der Waals surface area contributed by atoms with Crippen molar-refractivity contribution in [3.63, 3.8) is 0 Å². The third-order valence-corrected chi connectivity index (χ3v) is 5.36. The van der Waals surface area contributed by atoms with Crippen molar-refractivity contribution in [1.29, 1.82) is 0 Å². The van der Waals surface area contributed by atoms with Crippen molar-refractivity contribution in [2.45, 2.75) is 19.9 Å². The molecule has 0 spiro atoms. The van der Waals surface area contributed by atoms with E-state index in [4.69, 9.17) is 11.6 Å². The summed E-state index contributed by atoms with van der Waals surface area (Å²) in [5, 5.41) is 4.12. The van der Waals surface area contributed by atoms with Gasteiger partial charge in [0.15, 0.2) is 0 Å². The molecule has 1 heterocycles. The summed E-state index contributed by atoms with van der Waals surface area (Å²) in [5.74, 6) is 0. The van der Waals surface area contributed by atoms with Crippen LogP contribution in [0.2, 0.25) is 5.02 Å². The van der Waals surface area contributed by atoms with Gasteiger partial charge in [-0.2, -0.15) is 0 Å². The zero-order valence-corrected chi connectivity index (χ0v) is 13.7. The van der Waals surface area contributed by atoms with Crippen molar-refractivity contribution in [3.05, 3.63) is 54.6 Å². The lowest BCUT2D eigenvalue weighted by molar-refractivity contribution is 0.700. The maximum Gasteiger partial charge on any atom is 0.0671 e. The van der Waals surface area contributed by atoms with Gasteiger partial charge in [0.1, 0.15) is 0 Å². The maximum absolute atomic E-state index is 6.18. The van der Waals surface area contributed by atoms with Crippen LogP contribution in [0.4, 0.5) is 0 Å². The predicted octanol–water partition coefficient (Wildman–Crippen LogP) is 5.09. The molecular formula is C14H15BrClNS. The molecule has 96 valence electrons. The fourth-order valence-electron chi connectivity index (χ4n) is 2.09. The van der Waals surface area contributed by atoms with Crippen LogP contribution in [0.3, 0.4) is 0 Å². The van der Waals surface area contributed by atoms with E-state index in [0.29, 0.717) is 0 Å². The number of nitrogens with one attached hydrogen (secondary N) is 1. The topological polar surface area (TPSA) is 12.0 Å². The highest BCUT2D eigenvalue weighted by Gasteiger charge is 2.17. The molecule has 4 heteroatoms. The molecule has 0 aliphatic heterocycles. The number of rotatable bonds is 3. The average Bonchev–Trinajstić information content (AvgIpc) is 2.64. The van der Waals surface area contributed by atoms with Crippen molar-refractivity contribution in [2.24, 2.45) is 0 Å². The van der Waals surface area contributed by atoms with E-state index in [2.05, 4.69) is 47.2 Å². The first-order valence-corrected chi connectivity index (χ1v) is 7.71. The van der Waals surface area contributed by atoms with E-state index < -0.39 is 0 Å². The van der Waals surface area contributed by atoms with Gasteiger partial charge in [-0.1, -0.05) is 17.7 Å². The lowest BCUT2D eigenvalue weighted by Crippen LogP contribution is -2.17. The number of thiophene rings is 1. The van der Waals surface area contributed by atoms with Crippen LogP contribution < -0.4 is 5.32 Å². The second kappa shape index (κ2) is 5.74. The van der Waals surface area contributed by atoms with Crippen molar-refractivity contribution in [3.8, 4) is 0 Å². The van der Waals surface area contributed by atoms with Crippen molar-refractivity contribution < 1.29 is 0 Å². The molecule has 2 aromatic rings. The average molecular weight is 345 g/mol. The van der Waals surface area contributed by atoms with Crippen LogP contribution in [0.15, 0.2) is 28.7 Å². The van der Waals surface area contributed by atoms with Crippen molar-refractivity contribution >= 4 is 38.9 Å². The van der Waals surface area contributed by atoms with Gasteiger partial charge in [0.2, 0.25) is 0 Å². The zero-order chi connectivity index (χ0) is 13.3. The van der Waals surface area contributed by atoms with E-state index in [1.807, 2.05) is 30.5 Å². The largest absolute Gasteiger partial charge is 0.309 e. The van der Waals surface area contributed by atoms with Crippen LogP contribution in [-0.4, -0.2) is 7.05 Å². The molecule has 0 aliphatic rings. The molecule has 1 nitrogen and oxygen atoms in total. The molecule has 0 amide bonds. The normalized spacial score (nSPS) is 12.7. The molecule has 1 unspecified atom stereocenters. The van der Waals surface area contributed by atoms with Crippen LogP contribution in [-0.2, 0) is 0 Å². The Morgan fingerprint density at radius 3 is 2.50 bits per heavy atom. The molecule has 0 aliphatic carbocycles. The standard InChI is InChI=1S/C14H15BrClNS/c1-8-6-9(2)18-14(8)13(17-3)10-4-5-11(15)12(16)7-10/h4-7,13,17H,1-3H3. The summed E-state index contributed by atoms with van der Waals surface area (Å²) in [6.45, 7) is 4.30. The van der Waals surface area contributed by atoms with Crippen LogP contribution >= 0.6 is 38.9 Å². The third-order valence-electron chi connectivity index (χ3n) is 2.91. The highest BCUT2D eigenvalue weighted by atomic mass is 79.9. The van der Waals surface area contributed by atoms with Gasteiger partial charge in [0.05, 0.1) is 11.1 Å². The Bertz CT molecular complexity index is 565. The smallest absolute Gasteiger partial charge is 0.0671 e. The minimum Gasteiger partial charge on any atom is -0.309 e. The Labute approximate surface area is 125 Å². The Balaban J connectivity index is 2.45. The molecule has 1 N–H and O–H groups in total. The van der Waals surface area contributed by atoms with Crippen molar-refractivity contribution in [2.75, 3.05) is 7.05 Å². The SMILES string of the molecule is CNC(c1ccc(Br)c(Cl)c1)c1sc(C)cc1C. The molecule has 1 atom stereocenters. The highest BCUT2D eigenvalue weighted by Crippen LogP contribution is 2.34. The van der Waals surface area contributed by atoms with Crippen LogP contribution in [0.5, 0.6) is 0 Å². The summed E-state index contributed by atoms with van der Waals surface area (Å²) in [6.07, 6.45) is 0. The van der Waals surface area contributed by atoms with E-state index in [0.717, 1.165) is 9.50 Å². The first kappa shape index (κ1) is 14.1. The summed E-state index contributed by atoms with van der Waals surface area (Å²) < 4.78 is 0.932. The summed E-state index contributed by atoms with van der Waals surface area (Å²) in [5.41, 5.74) is 2.52. The zero-order valence-electron chi connectivity index (χ0n) is 10.6. The number of benzene rings is 1. The van der Waals surface area contributed by atoms with Gasteiger partial charge in [-0.3, -0.25) is 0 Å². The molecule has 0 saturated heterocycles. The third kappa shape index (κ3) is 2.80. The molecule has 0 fully saturated rings. The Morgan fingerprint density at radius 2 is 2.00 bits per heavy atom. The van der Waals surface area contributed by atoms with Gasteiger partial charge < -0.3 is 5.32 Å². The predicted molar refractivity (Wildman–Crippen MR) is 83.8 cm³/mol. The fraction of sp³-hybridized carbons (Fsp3) is 0.286. The van der Waals surface area contributed by atoms with Gasteiger partial charge in [0.25, 0.3) is 0 Å². The second-order valence-electron chi connectivity index (χ2n) is 4.30. The number of halogens is 2. The lowest BCUT2D eigenvalue weighted by Gasteiger charge is -2.17. The fourth-order valence-corrected chi connectivity index (χ4v) is 3.70. The maximum atomic E-state index is 6.18. The number of hydrogen-bond acceptors (Lipinski definition) is 2. The molecular weight excluding hydrogens is 330 g/mol. The quantitative estimate of drug-likeness (QED) is 0.818. The van der Waals surface area contributed by atoms with Gasteiger partial charge in [-0.05, 0) is 66.2 Å². The lowest BCUT2D eigenvalue weighted by atomic mass is 10.0. The molecule has 1 aromatic heterocycles. The first-order chi connectivity index (χ1) is 8.52. The summed E-state index contributed by atoms with van der Waals surface area (Å²) in [4.78, 5) is 2.69. The van der Waals surface area contributed by atoms with Crippen molar-refractivity contribution in [1.82, 2.24) is 5.32 Å². The summed E-state index contributed by atoms with van der Waals surface area (Å²) in [6, 6.07) is 8.55. The molecule has 2 rings (SSSR count). The Morgan fingerprint density at radius 1 is 1.28 bits per heavy atom. The molecule has 0 saturated carbocycles. The van der Waals surface area contributed by atoms with Gasteiger partial charge in [-0.25, -0.2) is 0 Å². The van der Waals surface area contributed by atoms with Crippen LogP contribution in [0.25, 0.3) is 0 Å². The van der Waals surface area contributed by atoms with Gasteiger partial charge in [-0.15, -0.1) is 11.3 Å². The van der Waals surface area contributed by atoms with Gasteiger partial charge >= 0.3 is 0 Å². The summed E-state index contributed by atoms with van der Waals surface area (Å²) >= 11 is 11.4. The van der Waals surface area contributed by atoms with Crippen LogP contribution in [0, 0.1) is 13.8 Å². The Kier molecular flexibility index (Phi) is 4.49. The highest BCUT2D eigenvalue weighted by molar-refractivity contribution is 9.10. The minimum absolute atomic E-state index is 0.203. The monoisotopic (exact) mass is 343 g/mol. The Hall–Kier alpha value is -0.350.